The average Bonchev–Trinajstić information content (AvgIpc) is 3.17. The minimum Gasteiger partial charge on any atom is -0.465 e. The van der Waals surface area contributed by atoms with Gasteiger partial charge in [0.25, 0.3) is 0 Å². The molecular formula is C18H23N3O3. The van der Waals surface area contributed by atoms with Gasteiger partial charge >= 0.3 is 5.97 Å². The highest BCUT2D eigenvalue weighted by Gasteiger charge is 2.24. The second-order valence-electron chi connectivity index (χ2n) is 6.68. The number of fused-ring (bicyclic) bond motifs is 1. The van der Waals surface area contributed by atoms with Gasteiger partial charge in [-0.1, -0.05) is 0 Å². The van der Waals surface area contributed by atoms with Crippen LogP contribution in [0.5, 0.6) is 0 Å². The van der Waals surface area contributed by atoms with Crippen LogP contribution >= 0.6 is 0 Å². The predicted molar refractivity (Wildman–Crippen MR) is 90.1 cm³/mol. The van der Waals surface area contributed by atoms with Gasteiger partial charge in [0.05, 0.1) is 36.4 Å². The number of nitrogens with one attached hydrogen (secondary N) is 1. The maximum atomic E-state index is 11.9. The Morgan fingerprint density at radius 1 is 1.46 bits per heavy atom. The molecule has 0 aliphatic carbocycles. The summed E-state index contributed by atoms with van der Waals surface area (Å²) in [7, 11) is 1.41. The topological polar surface area (TPSA) is 65.4 Å². The van der Waals surface area contributed by atoms with Gasteiger partial charge in [-0.2, -0.15) is 0 Å². The Hall–Kier alpha value is -1.92. The normalized spacial score (nSPS) is 23.4. The number of esters is 1. The van der Waals surface area contributed by atoms with Crippen LogP contribution in [0.1, 0.15) is 29.0 Å². The highest BCUT2D eigenvalue weighted by molar-refractivity contribution is 5.93. The van der Waals surface area contributed by atoms with Crippen LogP contribution in [0.15, 0.2) is 18.2 Å². The van der Waals surface area contributed by atoms with E-state index < -0.39 is 0 Å². The van der Waals surface area contributed by atoms with E-state index in [1.807, 2.05) is 12.1 Å². The molecule has 6 nitrogen and oxygen atoms in total. The fourth-order valence-corrected chi connectivity index (χ4v) is 3.56. The summed E-state index contributed by atoms with van der Waals surface area (Å²) >= 11 is 0. The first-order valence-corrected chi connectivity index (χ1v) is 8.64. The molecule has 0 amide bonds. The first-order chi connectivity index (χ1) is 11.7. The van der Waals surface area contributed by atoms with Gasteiger partial charge in [0, 0.05) is 13.0 Å². The summed E-state index contributed by atoms with van der Waals surface area (Å²) in [6.45, 7) is 3.78. The molecule has 0 unspecified atom stereocenters. The number of rotatable bonds is 5. The number of hydrogen-bond acceptors (Lipinski definition) is 5. The zero-order valence-corrected chi connectivity index (χ0v) is 14.0. The first-order valence-electron chi connectivity index (χ1n) is 8.64. The van der Waals surface area contributed by atoms with Crippen molar-refractivity contribution >= 4 is 17.0 Å². The summed E-state index contributed by atoms with van der Waals surface area (Å²) in [5.74, 6) is 1.41. The highest BCUT2D eigenvalue weighted by atomic mass is 16.5. The molecule has 2 aromatic rings. The van der Waals surface area contributed by atoms with E-state index in [-0.39, 0.29) is 12.1 Å². The molecule has 6 heteroatoms. The van der Waals surface area contributed by atoms with Crippen LogP contribution in [0.3, 0.4) is 0 Å². The predicted octanol–water partition coefficient (Wildman–Crippen LogP) is 1.76. The van der Waals surface area contributed by atoms with E-state index in [0.717, 1.165) is 55.9 Å². The van der Waals surface area contributed by atoms with E-state index in [1.54, 1.807) is 6.07 Å². The Balaban J connectivity index is 1.71. The highest BCUT2D eigenvalue weighted by Crippen LogP contribution is 2.25. The zero-order chi connectivity index (χ0) is 16.5. The molecular weight excluding hydrogens is 306 g/mol. The Labute approximate surface area is 141 Å². The Morgan fingerprint density at radius 2 is 2.33 bits per heavy atom. The summed E-state index contributed by atoms with van der Waals surface area (Å²) in [5, 5.41) is 3.42. The lowest BCUT2D eigenvalue weighted by atomic mass is 10.0. The lowest BCUT2D eigenvalue weighted by molar-refractivity contribution is -0.0590. The van der Waals surface area contributed by atoms with Gasteiger partial charge in [0.15, 0.2) is 0 Å². The van der Waals surface area contributed by atoms with Gasteiger partial charge in [-0.25, -0.2) is 9.78 Å². The van der Waals surface area contributed by atoms with Crippen molar-refractivity contribution in [1.82, 2.24) is 14.9 Å². The van der Waals surface area contributed by atoms with Crippen molar-refractivity contribution in [3.63, 3.8) is 0 Å². The second kappa shape index (κ2) is 6.53. The van der Waals surface area contributed by atoms with E-state index in [2.05, 4.69) is 9.88 Å². The maximum absolute atomic E-state index is 11.9. The number of hydrogen-bond donors (Lipinski definition) is 1. The van der Waals surface area contributed by atoms with E-state index in [1.165, 1.54) is 13.5 Å². The van der Waals surface area contributed by atoms with Crippen molar-refractivity contribution in [2.75, 3.05) is 26.8 Å². The molecule has 4 rings (SSSR count). The summed E-state index contributed by atoms with van der Waals surface area (Å²) in [6, 6.07) is 5.59. The van der Waals surface area contributed by atoms with Gasteiger partial charge in [0.1, 0.15) is 5.82 Å². The molecule has 1 aromatic carbocycles. The molecule has 3 heterocycles. The van der Waals surface area contributed by atoms with Crippen LogP contribution in [0.25, 0.3) is 11.0 Å². The van der Waals surface area contributed by atoms with Gasteiger partial charge in [0.2, 0.25) is 0 Å². The Kier molecular flexibility index (Phi) is 4.24. The summed E-state index contributed by atoms with van der Waals surface area (Å²) in [6.07, 6.45) is 3.49. The summed E-state index contributed by atoms with van der Waals surface area (Å²) in [4.78, 5) is 16.7. The molecule has 2 aliphatic rings. The Bertz CT molecular complexity index is 745. The van der Waals surface area contributed by atoms with Crippen molar-refractivity contribution in [2.45, 2.75) is 31.9 Å². The quantitative estimate of drug-likeness (QED) is 0.847. The number of ether oxygens (including phenoxy) is 2. The maximum Gasteiger partial charge on any atom is 0.337 e. The number of nitrogens with zero attached hydrogens (tertiary/aromatic N) is 2. The molecule has 24 heavy (non-hydrogen) atoms. The van der Waals surface area contributed by atoms with Crippen molar-refractivity contribution in [3.05, 3.63) is 29.6 Å². The van der Waals surface area contributed by atoms with Crippen molar-refractivity contribution in [1.29, 1.82) is 0 Å². The third-order valence-electron chi connectivity index (χ3n) is 5.06. The van der Waals surface area contributed by atoms with Gasteiger partial charge in [-0.15, -0.1) is 0 Å². The van der Waals surface area contributed by atoms with Crippen molar-refractivity contribution in [3.8, 4) is 0 Å². The van der Waals surface area contributed by atoms with Crippen LogP contribution in [0.4, 0.5) is 0 Å². The zero-order valence-electron chi connectivity index (χ0n) is 14.0. The van der Waals surface area contributed by atoms with E-state index in [9.17, 15) is 4.79 Å². The molecule has 0 saturated carbocycles. The van der Waals surface area contributed by atoms with Gasteiger partial charge < -0.3 is 19.4 Å². The van der Waals surface area contributed by atoms with E-state index in [4.69, 9.17) is 14.5 Å². The van der Waals surface area contributed by atoms with Crippen LogP contribution in [0.2, 0.25) is 0 Å². The molecule has 1 N–H and O–H groups in total. The van der Waals surface area contributed by atoms with Crippen molar-refractivity contribution < 1.29 is 14.3 Å². The molecule has 2 atom stereocenters. The monoisotopic (exact) mass is 329 g/mol. The SMILES string of the molecule is COC(=O)c1ccc2nc(C[C@@H]3CCNC3)n(C[C@@H]3CCO3)c2c1. The molecule has 2 aliphatic heterocycles. The van der Waals surface area contributed by atoms with Gasteiger partial charge in [-0.05, 0) is 50.0 Å². The average molecular weight is 329 g/mol. The van der Waals surface area contributed by atoms with Crippen LogP contribution in [-0.4, -0.2) is 48.4 Å². The van der Waals surface area contributed by atoms with Crippen LogP contribution in [-0.2, 0) is 22.4 Å². The van der Waals surface area contributed by atoms with E-state index >= 15 is 0 Å². The fourth-order valence-electron chi connectivity index (χ4n) is 3.56. The number of methoxy groups -OCH3 is 1. The van der Waals surface area contributed by atoms with Crippen LogP contribution in [0, 0.1) is 5.92 Å². The number of imidazole rings is 1. The van der Waals surface area contributed by atoms with Crippen LogP contribution < -0.4 is 5.32 Å². The third-order valence-corrected chi connectivity index (χ3v) is 5.06. The van der Waals surface area contributed by atoms with E-state index in [0.29, 0.717) is 11.5 Å². The smallest absolute Gasteiger partial charge is 0.337 e. The molecule has 0 bridgehead atoms. The number of aromatic nitrogens is 2. The lowest BCUT2D eigenvalue weighted by Gasteiger charge is -2.27. The minimum absolute atomic E-state index is 0.254. The Morgan fingerprint density at radius 3 is 3.00 bits per heavy atom. The fraction of sp³-hybridized carbons (Fsp3) is 0.556. The van der Waals surface area contributed by atoms with Crippen molar-refractivity contribution in [2.24, 2.45) is 5.92 Å². The molecule has 0 spiro atoms. The lowest BCUT2D eigenvalue weighted by Crippen LogP contribution is -2.32. The minimum atomic E-state index is -0.314. The van der Waals surface area contributed by atoms with Gasteiger partial charge in [-0.3, -0.25) is 0 Å². The summed E-state index contributed by atoms with van der Waals surface area (Å²) < 4.78 is 12.7. The first kappa shape index (κ1) is 15.6. The third kappa shape index (κ3) is 2.91. The number of benzene rings is 1. The molecule has 0 radical (unpaired) electrons. The molecule has 128 valence electrons. The number of carbonyl (C=O) groups is 1. The number of carbonyl (C=O) groups excluding carboxylic acids is 1. The molecule has 1 aromatic heterocycles. The second-order valence-corrected chi connectivity index (χ2v) is 6.68. The largest absolute Gasteiger partial charge is 0.465 e. The standard InChI is InChI=1S/C18H23N3O3/c1-23-18(22)13-2-3-15-16(9-13)21(11-14-5-7-24-14)17(20-15)8-12-4-6-19-10-12/h2-3,9,12,14,19H,4-8,10-11H2,1H3/t12-,14-/m0/s1. The molecule has 2 saturated heterocycles. The summed E-state index contributed by atoms with van der Waals surface area (Å²) in [5.41, 5.74) is 2.49. The molecule has 2 fully saturated rings.